The molecule has 0 unspecified atom stereocenters. The number of nitrogens with one attached hydrogen (secondary N) is 1. The van der Waals surface area contributed by atoms with Crippen LogP contribution in [0.3, 0.4) is 0 Å². The number of fused-ring (bicyclic) bond motifs is 6. The van der Waals surface area contributed by atoms with Crippen molar-refractivity contribution in [1.82, 2.24) is 9.88 Å². The molecule has 1 saturated carbocycles. The van der Waals surface area contributed by atoms with E-state index in [0.29, 0.717) is 17.9 Å². The van der Waals surface area contributed by atoms with Crippen LogP contribution in [0, 0.1) is 11.8 Å². The first-order chi connectivity index (χ1) is 13.2. The smallest absolute Gasteiger partial charge is 0.220 e. The van der Waals surface area contributed by atoms with Crippen LogP contribution in [-0.2, 0) is 11.2 Å². The van der Waals surface area contributed by atoms with E-state index in [1.807, 2.05) is 18.7 Å². The molecule has 0 spiro atoms. The van der Waals surface area contributed by atoms with Crippen molar-refractivity contribution in [2.24, 2.45) is 11.8 Å². The number of thiocarbonyl (C=S) groups is 1. The van der Waals surface area contributed by atoms with Gasteiger partial charge in [-0.25, -0.2) is 0 Å². The van der Waals surface area contributed by atoms with Crippen LogP contribution in [0.15, 0.2) is 24.3 Å². The van der Waals surface area contributed by atoms with E-state index in [2.05, 4.69) is 34.1 Å². The molecule has 5 heteroatoms. The summed E-state index contributed by atoms with van der Waals surface area (Å²) in [4.78, 5) is 6.54. The lowest BCUT2D eigenvalue weighted by atomic mass is 9.71. The van der Waals surface area contributed by atoms with E-state index in [4.69, 9.17) is 17.0 Å². The molecule has 144 valence electrons. The fourth-order valence-electron chi connectivity index (χ4n) is 5.72. The van der Waals surface area contributed by atoms with Gasteiger partial charge in [0.1, 0.15) is 0 Å². The quantitative estimate of drug-likeness (QED) is 0.692. The summed E-state index contributed by atoms with van der Waals surface area (Å²) in [7, 11) is 0. The van der Waals surface area contributed by atoms with Gasteiger partial charge in [0.2, 0.25) is 4.38 Å². The number of hydrogen-bond donors (Lipinski definition) is 1. The van der Waals surface area contributed by atoms with E-state index in [1.54, 1.807) is 5.56 Å². The van der Waals surface area contributed by atoms with Gasteiger partial charge in [-0.05, 0) is 68.3 Å². The summed E-state index contributed by atoms with van der Waals surface area (Å²) >= 11 is 7.31. The molecule has 0 amide bonds. The average Bonchev–Trinajstić information content (AvgIpc) is 3.06. The Kier molecular flexibility index (Phi) is 4.95. The molecule has 0 bridgehead atoms. The van der Waals surface area contributed by atoms with Crippen LogP contribution < -0.4 is 0 Å². The fraction of sp³-hybridized carbons (Fsp3) is 0.591. The summed E-state index contributed by atoms with van der Waals surface area (Å²) in [5.41, 5.74) is 4.36. The van der Waals surface area contributed by atoms with Crippen LogP contribution in [0.5, 0.6) is 0 Å². The van der Waals surface area contributed by atoms with Crippen LogP contribution in [0.25, 0.3) is 10.9 Å². The predicted octanol–water partition coefficient (Wildman–Crippen LogP) is 5.31. The molecule has 27 heavy (non-hydrogen) atoms. The van der Waals surface area contributed by atoms with Crippen molar-refractivity contribution in [3.63, 3.8) is 0 Å². The Labute approximate surface area is 171 Å². The third kappa shape index (κ3) is 3.22. The lowest BCUT2D eigenvalue weighted by Crippen LogP contribution is -2.49. The molecule has 2 aliphatic heterocycles. The standard InChI is InChI=1S/C22H28N2OS2/c1-2-25-22(26)27-20-9-5-6-14-13-24-11-10-16-15-7-3-4-8-18(15)23-21(16)19(24)12-17(14)20/h3-4,7-8,14,17,19-20,23H,2,5-6,9-13H2,1H3/t14-,17+,19+,20-/m1/s1. The molecule has 3 aliphatic rings. The van der Waals surface area contributed by atoms with E-state index >= 15 is 0 Å². The van der Waals surface area contributed by atoms with Crippen molar-refractivity contribution in [2.75, 3.05) is 19.7 Å². The number of para-hydroxylation sites is 1. The van der Waals surface area contributed by atoms with Crippen molar-refractivity contribution >= 4 is 39.3 Å². The minimum Gasteiger partial charge on any atom is -0.479 e. The Balaban J connectivity index is 1.43. The average molecular weight is 401 g/mol. The molecule has 2 aromatic rings. The van der Waals surface area contributed by atoms with Crippen molar-refractivity contribution < 1.29 is 4.74 Å². The number of benzene rings is 1. The van der Waals surface area contributed by atoms with Gasteiger partial charge in [-0.2, -0.15) is 0 Å². The molecule has 5 rings (SSSR count). The molecule has 2 fully saturated rings. The van der Waals surface area contributed by atoms with Crippen LogP contribution >= 0.6 is 24.0 Å². The Morgan fingerprint density at radius 2 is 2.22 bits per heavy atom. The highest BCUT2D eigenvalue weighted by molar-refractivity contribution is 8.23. The lowest BCUT2D eigenvalue weighted by Gasteiger charge is -2.50. The summed E-state index contributed by atoms with van der Waals surface area (Å²) in [6.45, 7) is 5.16. The van der Waals surface area contributed by atoms with Gasteiger partial charge in [-0.3, -0.25) is 4.90 Å². The van der Waals surface area contributed by atoms with Crippen molar-refractivity contribution in [3.05, 3.63) is 35.5 Å². The highest BCUT2D eigenvalue weighted by Crippen LogP contribution is 2.49. The second-order valence-corrected chi connectivity index (χ2v) is 10.1. The van der Waals surface area contributed by atoms with Gasteiger partial charge < -0.3 is 9.72 Å². The zero-order valence-corrected chi connectivity index (χ0v) is 17.6. The van der Waals surface area contributed by atoms with Gasteiger partial charge in [0.15, 0.2) is 0 Å². The first kappa shape index (κ1) is 18.0. The van der Waals surface area contributed by atoms with Crippen molar-refractivity contribution in [3.8, 4) is 0 Å². The molecule has 1 aliphatic carbocycles. The van der Waals surface area contributed by atoms with Gasteiger partial charge >= 0.3 is 0 Å². The molecule has 1 saturated heterocycles. The zero-order chi connectivity index (χ0) is 18.4. The predicted molar refractivity (Wildman–Crippen MR) is 117 cm³/mol. The number of ether oxygens (including phenoxy) is 1. The number of H-pyrrole nitrogens is 1. The van der Waals surface area contributed by atoms with E-state index < -0.39 is 0 Å². The summed E-state index contributed by atoms with van der Waals surface area (Å²) in [6.07, 6.45) is 6.44. The third-order valence-corrected chi connectivity index (χ3v) is 8.50. The lowest BCUT2D eigenvalue weighted by molar-refractivity contribution is 0.0340. The molecule has 0 radical (unpaired) electrons. The van der Waals surface area contributed by atoms with Crippen molar-refractivity contribution in [2.45, 2.75) is 50.3 Å². The second-order valence-electron chi connectivity index (χ2n) is 8.25. The molecular formula is C22H28N2OS2. The molecule has 1 aromatic carbocycles. The summed E-state index contributed by atoms with van der Waals surface area (Å²) in [6, 6.07) is 9.36. The maximum atomic E-state index is 5.60. The van der Waals surface area contributed by atoms with Gasteiger partial charge in [0.05, 0.1) is 12.6 Å². The second kappa shape index (κ2) is 7.41. The molecular weight excluding hydrogens is 372 g/mol. The number of hydrogen-bond acceptors (Lipinski definition) is 4. The molecule has 1 aromatic heterocycles. The van der Waals surface area contributed by atoms with Crippen LogP contribution in [0.1, 0.15) is 49.9 Å². The normalized spacial score (nSPS) is 30.4. The fourth-order valence-corrected chi connectivity index (χ4v) is 7.43. The summed E-state index contributed by atoms with van der Waals surface area (Å²) in [5.74, 6) is 1.57. The minimum atomic E-state index is 0.546. The van der Waals surface area contributed by atoms with Crippen LogP contribution in [-0.4, -0.2) is 39.2 Å². The van der Waals surface area contributed by atoms with E-state index in [-0.39, 0.29) is 0 Å². The summed E-state index contributed by atoms with van der Waals surface area (Å²) in [5, 5.41) is 2.06. The Bertz CT molecular complexity index is 848. The Hall–Kier alpha value is -1.04. The monoisotopic (exact) mass is 400 g/mol. The van der Waals surface area contributed by atoms with Crippen LogP contribution in [0.4, 0.5) is 0 Å². The molecule has 3 heterocycles. The number of nitrogens with zero attached hydrogens (tertiary/aromatic N) is 1. The number of piperidine rings is 1. The van der Waals surface area contributed by atoms with Gasteiger partial charge in [0, 0.05) is 34.9 Å². The highest BCUT2D eigenvalue weighted by atomic mass is 32.2. The Morgan fingerprint density at radius 1 is 1.33 bits per heavy atom. The maximum Gasteiger partial charge on any atom is 0.220 e. The largest absolute Gasteiger partial charge is 0.479 e. The molecule has 4 atom stereocenters. The number of thioether (sulfide) groups is 1. The van der Waals surface area contributed by atoms with Gasteiger partial charge in [-0.15, -0.1) is 0 Å². The first-order valence-electron chi connectivity index (χ1n) is 10.4. The van der Waals surface area contributed by atoms with E-state index in [0.717, 1.165) is 16.2 Å². The third-order valence-electron chi connectivity index (χ3n) is 6.89. The Morgan fingerprint density at radius 3 is 3.11 bits per heavy atom. The topological polar surface area (TPSA) is 28.3 Å². The minimum absolute atomic E-state index is 0.546. The number of rotatable bonds is 2. The molecule has 3 nitrogen and oxygen atoms in total. The number of aromatic nitrogens is 1. The van der Waals surface area contributed by atoms with Crippen molar-refractivity contribution in [1.29, 1.82) is 0 Å². The van der Waals surface area contributed by atoms with E-state index in [1.165, 1.54) is 61.8 Å². The summed E-state index contributed by atoms with van der Waals surface area (Å²) < 4.78 is 6.36. The molecule has 1 N–H and O–H groups in total. The zero-order valence-electron chi connectivity index (χ0n) is 15.9. The first-order valence-corrected chi connectivity index (χ1v) is 11.7. The SMILES string of the molecule is CCOC(=S)S[C@@H]1CCC[C@@H]2CN3CCc4c([nH]c5ccccc45)[C@@H]3C[C@@H]21. The highest BCUT2D eigenvalue weighted by Gasteiger charge is 2.44. The van der Waals surface area contributed by atoms with Gasteiger partial charge in [-0.1, -0.05) is 36.4 Å². The maximum absolute atomic E-state index is 5.60. The number of aromatic amines is 1. The van der Waals surface area contributed by atoms with E-state index in [9.17, 15) is 0 Å². The van der Waals surface area contributed by atoms with Gasteiger partial charge in [0.25, 0.3) is 0 Å². The van der Waals surface area contributed by atoms with Crippen LogP contribution in [0.2, 0.25) is 0 Å².